The maximum absolute atomic E-state index is 11.3. The largest absolute Gasteiger partial charge is 0.496 e. The number of nitro benzene ring substituents is 1. The molecule has 0 heterocycles. The lowest BCUT2D eigenvalue weighted by molar-refractivity contribution is -0.385. The van der Waals surface area contributed by atoms with E-state index < -0.39 is 16.9 Å². The van der Waals surface area contributed by atoms with Crippen LogP contribution in [0.4, 0.5) is 5.69 Å². The molecule has 1 rings (SSSR count). The van der Waals surface area contributed by atoms with Gasteiger partial charge < -0.3 is 19.9 Å². The molecule has 0 spiro atoms. The minimum Gasteiger partial charge on any atom is -0.496 e. The number of nitro groups is 1. The number of benzene rings is 1. The van der Waals surface area contributed by atoms with Crippen molar-refractivity contribution in [3.05, 3.63) is 28.3 Å². The molecule has 1 atom stereocenters. The SMILES string of the molecule is CCOC(=O)C(N)CCOc1ccc(OC)cc1[N+](=O)[O-]. The summed E-state index contributed by atoms with van der Waals surface area (Å²) < 4.78 is 15.0. The highest BCUT2D eigenvalue weighted by molar-refractivity contribution is 5.75. The van der Waals surface area contributed by atoms with Crippen molar-refractivity contribution in [2.24, 2.45) is 5.73 Å². The van der Waals surface area contributed by atoms with Crippen molar-refractivity contribution in [3.8, 4) is 11.5 Å². The zero-order valence-electron chi connectivity index (χ0n) is 11.9. The van der Waals surface area contributed by atoms with Gasteiger partial charge in [-0.3, -0.25) is 14.9 Å². The predicted octanol–water partition coefficient (Wildman–Crippen LogP) is 1.26. The van der Waals surface area contributed by atoms with E-state index in [1.165, 1.54) is 19.2 Å². The van der Waals surface area contributed by atoms with Crippen LogP contribution in [-0.4, -0.2) is 37.3 Å². The molecule has 0 bridgehead atoms. The van der Waals surface area contributed by atoms with E-state index in [0.717, 1.165) is 0 Å². The number of carbonyl (C=O) groups is 1. The Morgan fingerprint density at radius 2 is 2.19 bits per heavy atom. The average molecular weight is 298 g/mol. The molecule has 8 heteroatoms. The van der Waals surface area contributed by atoms with Gasteiger partial charge >= 0.3 is 11.7 Å². The Balaban J connectivity index is 2.63. The van der Waals surface area contributed by atoms with Crippen LogP contribution in [0.5, 0.6) is 11.5 Å². The minimum atomic E-state index is -0.817. The second-order valence-corrected chi connectivity index (χ2v) is 4.09. The molecule has 1 aromatic carbocycles. The van der Waals surface area contributed by atoms with Crippen molar-refractivity contribution < 1.29 is 23.9 Å². The molecule has 0 aliphatic rings. The molecule has 0 radical (unpaired) electrons. The number of carbonyl (C=O) groups excluding carboxylic acids is 1. The van der Waals surface area contributed by atoms with E-state index in [0.29, 0.717) is 5.75 Å². The van der Waals surface area contributed by atoms with Crippen LogP contribution >= 0.6 is 0 Å². The third kappa shape index (κ3) is 4.92. The normalized spacial score (nSPS) is 11.6. The van der Waals surface area contributed by atoms with Gasteiger partial charge in [-0.15, -0.1) is 0 Å². The molecular weight excluding hydrogens is 280 g/mol. The number of methoxy groups -OCH3 is 1. The van der Waals surface area contributed by atoms with Crippen molar-refractivity contribution in [1.29, 1.82) is 0 Å². The second kappa shape index (κ2) is 8.05. The highest BCUT2D eigenvalue weighted by atomic mass is 16.6. The monoisotopic (exact) mass is 298 g/mol. The number of hydrogen-bond acceptors (Lipinski definition) is 7. The van der Waals surface area contributed by atoms with E-state index in [1.54, 1.807) is 13.0 Å². The van der Waals surface area contributed by atoms with Gasteiger partial charge in [0.1, 0.15) is 11.8 Å². The Bertz CT molecular complexity index is 505. The molecule has 2 N–H and O–H groups in total. The summed E-state index contributed by atoms with van der Waals surface area (Å²) in [6.07, 6.45) is 0.196. The maximum atomic E-state index is 11.3. The summed E-state index contributed by atoms with van der Waals surface area (Å²) >= 11 is 0. The van der Waals surface area contributed by atoms with Crippen molar-refractivity contribution >= 4 is 11.7 Å². The molecule has 0 saturated carbocycles. The van der Waals surface area contributed by atoms with Gasteiger partial charge in [0.05, 0.1) is 31.3 Å². The first kappa shape index (κ1) is 16.7. The predicted molar refractivity (Wildman–Crippen MR) is 74.4 cm³/mol. The molecule has 0 fully saturated rings. The standard InChI is InChI=1S/C13H18N2O6/c1-3-20-13(16)10(14)6-7-21-12-5-4-9(19-2)8-11(12)15(17)18/h4-5,8,10H,3,6-7,14H2,1-2H3. The van der Waals surface area contributed by atoms with Gasteiger partial charge in [0.2, 0.25) is 0 Å². The highest BCUT2D eigenvalue weighted by Crippen LogP contribution is 2.31. The first-order valence-electron chi connectivity index (χ1n) is 6.37. The van der Waals surface area contributed by atoms with Crippen molar-refractivity contribution in [3.63, 3.8) is 0 Å². The fraction of sp³-hybridized carbons (Fsp3) is 0.462. The van der Waals surface area contributed by atoms with Gasteiger partial charge in [-0.1, -0.05) is 0 Å². The molecule has 116 valence electrons. The number of nitrogens with two attached hydrogens (primary N) is 1. The summed E-state index contributed by atoms with van der Waals surface area (Å²) in [7, 11) is 1.41. The fourth-order valence-electron chi connectivity index (χ4n) is 1.55. The molecule has 1 aromatic rings. The Morgan fingerprint density at radius 3 is 2.76 bits per heavy atom. The molecule has 1 unspecified atom stereocenters. The van der Waals surface area contributed by atoms with Gasteiger partial charge in [0.15, 0.2) is 5.75 Å². The van der Waals surface area contributed by atoms with E-state index in [-0.39, 0.29) is 31.1 Å². The maximum Gasteiger partial charge on any atom is 0.323 e. The van der Waals surface area contributed by atoms with Crippen LogP contribution in [0.25, 0.3) is 0 Å². The van der Waals surface area contributed by atoms with Crippen molar-refractivity contribution in [1.82, 2.24) is 0 Å². The van der Waals surface area contributed by atoms with E-state index >= 15 is 0 Å². The van der Waals surface area contributed by atoms with Crippen molar-refractivity contribution in [2.45, 2.75) is 19.4 Å². The average Bonchev–Trinajstić information content (AvgIpc) is 2.47. The van der Waals surface area contributed by atoms with Crippen LogP contribution < -0.4 is 15.2 Å². The zero-order valence-corrected chi connectivity index (χ0v) is 11.9. The number of esters is 1. The number of hydrogen-bond donors (Lipinski definition) is 1. The van der Waals surface area contributed by atoms with Gasteiger partial charge in [0, 0.05) is 6.42 Å². The summed E-state index contributed by atoms with van der Waals surface area (Å²) in [6.45, 7) is 1.99. The minimum absolute atomic E-state index is 0.0626. The number of ether oxygens (including phenoxy) is 3. The molecule has 8 nitrogen and oxygen atoms in total. The fourth-order valence-corrected chi connectivity index (χ4v) is 1.55. The first-order valence-corrected chi connectivity index (χ1v) is 6.37. The van der Waals surface area contributed by atoms with Crippen LogP contribution in [0.3, 0.4) is 0 Å². The van der Waals surface area contributed by atoms with Crippen LogP contribution in [0.1, 0.15) is 13.3 Å². The Labute approximate surface area is 121 Å². The van der Waals surface area contributed by atoms with E-state index in [9.17, 15) is 14.9 Å². The summed E-state index contributed by atoms with van der Waals surface area (Å²) in [5.41, 5.74) is 5.39. The van der Waals surface area contributed by atoms with E-state index in [2.05, 4.69) is 0 Å². The Hall–Kier alpha value is -2.35. The summed E-state index contributed by atoms with van der Waals surface area (Å²) in [5.74, 6) is -0.0699. The van der Waals surface area contributed by atoms with Gasteiger partial charge in [-0.05, 0) is 19.1 Å². The Kier molecular flexibility index (Phi) is 6.41. The lowest BCUT2D eigenvalue weighted by Gasteiger charge is -2.11. The molecular formula is C13H18N2O6. The third-order valence-corrected chi connectivity index (χ3v) is 2.64. The third-order valence-electron chi connectivity index (χ3n) is 2.64. The lowest BCUT2D eigenvalue weighted by atomic mass is 10.2. The van der Waals surface area contributed by atoms with Crippen LogP contribution in [0.15, 0.2) is 18.2 Å². The summed E-state index contributed by atoms with van der Waals surface area (Å²) in [5, 5.41) is 11.0. The molecule has 0 aliphatic heterocycles. The van der Waals surface area contributed by atoms with Crippen molar-refractivity contribution in [2.75, 3.05) is 20.3 Å². The van der Waals surface area contributed by atoms with Crippen LogP contribution in [0, 0.1) is 10.1 Å². The molecule has 0 aliphatic carbocycles. The second-order valence-electron chi connectivity index (χ2n) is 4.09. The number of rotatable bonds is 8. The molecule has 0 amide bonds. The van der Waals surface area contributed by atoms with Gasteiger partial charge in [-0.2, -0.15) is 0 Å². The molecule has 21 heavy (non-hydrogen) atoms. The number of nitrogens with zero attached hydrogens (tertiary/aromatic N) is 1. The molecule has 0 saturated heterocycles. The van der Waals surface area contributed by atoms with Crippen LogP contribution in [0.2, 0.25) is 0 Å². The smallest absolute Gasteiger partial charge is 0.323 e. The highest BCUT2D eigenvalue weighted by Gasteiger charge is 2.18. The van der Waals surface area contributed by atoms with Crippen LogP contribution in [-0.2, 0) is 9.53 Å². The van der Waals surface area contributed by atoms with E-state index in [1.807, 2.05) is 0 Å². The first-order chi connectivity index (χ1) is 9.99. The quantitative estimate of drug-likeness (QED) is 0.436. The zero-order chi connectivity index (χ0) is 15.8. The lowest BCUT2D eigenvalue weighted by Crippen LogP contribution is -2.33. The summed E-state index contributed by atoms with van der Waals surface area (Å²) in [4.78, 5) is 21.7. The van der Waals surface area contributed by atoms with Gasteiger partial charge in [-0.25, -0.2) is 0 Å². The topological polar surface area (TPSA) is 114 Å². The van der Waals surface area contributed by atoms with Gasteiger partial charge in [0.25, 0.3) is 0 Å². The Morgan fingerprint density at radius 1 is 1.48 bits per heavy atom. The summed E-state index contributed by atoms with van der Waals surface area (Å²) in [6, 6.07) is 3.43. The van der Waals surface area contributed by atoms with E-state index in [4.69, 9.17) is 19.9 Å². The molecule has 0 aromatic heterocycles.